The molecule has 137 heavy (non-hydrogen) atoms. The van der Waals surface area contributed by atoms with Crippen LogP contribution in [0.3, 0.4) is 0 Å². The van der Waals surface area contributed by atoms with Gasteiger partial charge in [-0.1, -0.05) is 484 Å². The number of rotatable bonds is 51. The number of aryl methyl sites for hydroxylation is 1. The summed E-state index contributed by atoms with van der Waals surface area (Å²) in [6.07, 6.45) is 58.9. The molecule has 0 nitrogen and oxygen atoms in total. The standard InChI is InChI=1S/C137H168/c1-14-24-30-36-42-50-80-135(81-51-43-37-31-25-15-2)120-57-49-48-56-108(120)112-72-61-105(92-127(112)135)101-63-74-114-115-75-64-102(91-126(115)134(22-9,23-10)125(114)90-101)107-68-79-119-117-77-66-104(94-129(117)137(131(119)96-107,84-54-46-40-34-28-18-5)85-55-47-41-35-29-19-6)99-60-71-110-109-70-59-98(87-121(109)132(12,13)122(110)88-99)103-65-76-116-118-78-67-106(100-62-73-113-111-69-58-97(11)86-123(111)133(20-7,21-8)124(113)89-100)95-130(118)136(128(116)93-103,82-52-44-38-32-26-16-3)83-53-45-39-33-27-17-4/h48-49,56-79,86-96H,14-47,50-55,80-85H2,1-13H3. The molecule has 12 aromatic carbocycles. The second kappa shape index (κ2) is 43.4. The predicted molar refractivity (Wildman–Crippen MR) is 596 cm³/mol. The number of benzene rings is 12. The Bertz CT molecular complexity index is 6130. The zero-order chi connectivity index (χ0) is 94.9. The summed E-state index contributed by atoms with van der Waals surface area (Å²) in [7, 11) is 0. The molecule has 0 saturated carbocycles. The SMILES string of the molecule is CCCCCCCCC1(CCCCCCCC)c2ccccc2-c2ccc(-c3ccc4c(c3)C(CC)(CC)c3cc(-c5ccc6c(c5)C(CCCCCCCC)(CCCCCCCC)c5cc(-c7ccc8c(c7)C(C)(C)c7cc(-c9ccc%10c(c9)C(CCCCCCCC)(CCCCCCCC)c9cc(-c%11ccc%12c(c%11)C(CC)(CC)c%11cc(C)ccc%11-%12)ccc9-%10)ccc7-8)ccc5-6)ccc3-4)cc21. The second-order valence-corrected chi connectivity index (χ2v) is 44.8. The van der Waals surface area contributed by atoms with Crippen LogP contribution in [0.25, 0.3) is 122 Å². The van der Waals surface area contributed by atoms with Gasteiger partial charge in [-0.25, -0.2) is 0 Å². The molecule has 0 heterocycles. The van der Waals surface area contributed by atoms with Crippen molar-refractivity contribution in [2.75, 3.05) is 0 Å². The lowest BCUT2D eigenvalue weighted by Gasteiger charge is -2.34. The van der Waals surface area contributed by atoms with Crippen molar-refractivity contribution in [3.63, 3.8) is 0 Å². The maximum absolute atomic E-state index is 2.75. The van der Waals surface area contributed by atoms with E-state index < -0.39 is 0 Å². The molecule has 6 aliphatic carbocycles. The van der Waals surface area contributed by atoms with E-state index in [1.165, 1.54) is 431 Å². The zero-order valence-corrected chi connectivity index (χ0v) is 87.4. The number of unbranched alkanes of at least 4 members (excludes halogenated alkanes) is 30. The zero-order valence-electron chi connectivity index (χ0n) is 87.4. The lowest BCUT2D eigenvalue weighted by atomic mass is 9.69. The molecule has 0 heteroatoms. The Kier molecular flexibility index (Phi) is 31.0. The Morgan fingerprint density at radius 1 is 0.153 bits per heavy atom. The van der Waals surface area contributed by atoms with Crippen LogP contribution < -0.4 is 0 Å². The topological polar surface area (TPSA) is 0 Å². The van der Waals surface area contributed by atoms with Crippen LogP contribution in [0.5, 0.6) is 0 Å². The van der Waals surface area contributed by atoms with Gasteiger partial charge in [-0.15, -0.1) is 0 Å². The summed E-state index contributed by atoms with van der Waals surface area (Å²) in [4.78, 5) is 0. The highest BCUT2D eigenvalue weighted by Gasteiger charge is 2.49. The van der Waals surface area contributed by atoms with Gasteiger partial charge in [-0.2, -0.15) is 0 Å². The summed E-state index contributed by atoms with van der Waals surface area (Å²) in [6.45, 7) is 31.3. The van der Waals surface area contributed by atoms with Crippen molar-refractivity contribution in [1.29, 1.82) is 0 Å². The monoisotopic (exact) mass is 1810 g/mol. The minimum absolute atomic E-state index is 0.0211. The fourth-order valence-electron chi connectivity index (χ4n) is 28.3. The van der Waals surface area contributed by atoms with Gasteiger partial charge in [-0.05, 0) is 321 Å². The molecule has 12 aromatic rings. The molecule has 0 spiro atoms. The summed E-state index contributed by atoms with van der Waals surface area (Å²) < 4.78 is 0. The third kappa shape index (κ3) is 18.4. The van der Waals surface area contributed by atoms with Gasteiger partial charge >= 0.3 is 0 Å². The third-order valence-electron chi connectivity index (χ3n) is 36.4. The van der Waals surface area contributed by atoms with Crippen molar-refractivity contribution < 1.29 is 0 Å². The van der Waals surface area contributed by atoms with E-state index in [0.717, 1.165) is 25.7 Å². The summed E-state index contributed by atoms with van der Waals surface area (Å²) >= 11 is 0. The Hall–Kier alpha value is -9.36. The van der Waals surface area contributed by atoms with E-state index in [4.69, 9.17) is 0 Å². The van der Waals surface area contributed by atoms with Crippen LogP contribution in [0.4, 0.5) is 0 Å². The van der Waals surface area contributed by atoms with Crippen LogP contribution in [0.15, 0.2) is 224 Å². The average Bonchev–Trinajstić information content (AvgIpc) is 1.56. The molecule has 0 aliphatic heterocycles. The smallest absolute Gasteiger partial charge is 0.0215 e. The molecule has 0 atom stereocenters. The number of fused-ring (bicyclic) bond motifs is 18. The van der Waals surface area contributed by atoms with Crippen molar-refractivity contribution in [3.8, 4) is 122 Å². The molecular formula is C137H168. The van der Waals surface area contributed by atoms with Crippen molar-refractivity contribution in [2.45, 2.75) is 418 Å². The lowest BCUT2D eigenvalue weighted by molar-refractivity contribution is 0.398. The van der Waals surface area contributed by atoms with E-state index in [-0.39, 0.29) is 32.5 Å². The van der Waals surface area contributed by atoms with Gasteiger partial charge in [0.1, 0.15) is 0 Å². The summed E-state index contributed by atoms with van der Waals surface area (Å²) in [5, 5.41) is 0. The molecule has 0 amide bonds. The van der Waals surface area contributed by atoms with Gasteiger partial charge in [0.05, 0.1) is 0 Å². The molecule has 0 aromatic heterocycles. The van der Waals surface area contributed by atoms with E-state index >= 15 is 0 Å². The maximum atomic E-state index is 2.75. The Balaban J connectivity index is 0.666. The van der Waals surface area contributed by atoms with Gasteiger partial charge < -0.3 is 0 Å². The number of hydrogen-bond acceptors (Lipinski definition) is 0. The molecule has 6 aliphatic rings. The van der Waals surface area contributed by atoms with Gasteiger partial charge in [0.25, 0.3) is 0 Å². The molecule has 716 valence electrons. The van der Waals surface area contributed by atoms with Crippen LogP contribution in [-0.2, 0) is 32.5 Å². The van der Waals surface area contributed by atoms with Crippen molar-refractivity contribution in [1.82, 2.24) is 0 Å². The first kappa shape index (κ1) is 97.8. The highest BCUT2D eigenvalue weighted by Crippen LogP contribution is 2.63. The Morgan fingerprint density at radius 2 is 0.321 bits per heavy atom. The largest absolute Gasteiger partial charge is 0.0654 e. The molecule has 0 bridgehead atoms. The van der Waals surface area contributed by atoms with Gasteiger partial charge in [0, 0.05) is 32.5 Å². The average molecular weight is 1810 g/mol. The lowest BCUT2D eigenvalue weighted by Crippen LogP contribution is -2.26. The predicted octanol–water partition coefficient (Wildman–Crippen LogP) is 42.1. The first-order valence-electron chi connectivity index (χ1n) is 56.8. The normalized spacial score (nSPS) is 15.3. The van der Waals surface area contributed by atoms with Crippen molar-refractivity contribution >= 4 is 0 Å². The Labute approximate surface area is 831 Å². The van der Waals surface area contributed by atoms with Gasteiger partial charge in [0.15, 0.2) is 0 Å². The molecule has 0 saturated heterocycles. The quantitative estimate of drug-likeness (QED) is 0.0333. The first-order chi connectivity index (χ1) is 67.1. The highest BCUT2D eigenvalue weighted by atomic mass is 14.5. The van der Waals surface area contributed by atoms with Crippen molar-refractivity contribution in [2.24, 2.45) is 0 Å². The van der Waals surface area contributed by atoms with Crippen LogP contribution in [-0.4, -0.2) is 0 Å². The molecule has 0 N–H and O–H groups in total. The summed E-state index contributed by atoms with van der Waals surface area (Å²) in [5.74, 6) is 0. The first-order valence-corrected chi connectivity index (χ1v) is 56.8. The van der Waals surface area contributed by atoms with E-state index in [0.29, 0.717) is 0 Å². The minimum atomic E-state index is -0.212. The van der Waals surface area contributed by atoms with Gasteiger partial charge in [0.2, 0.25) is 0 Å². The minimum Gasteiger partial charge on any atom is -0.0654 e. The highest BCUT2D eigenvalue weighted by molar-refractivity contribution is 5.94. The van der Waals surface area contributed by atoms with Crippen LogP contribution in [0, 0.1) is 6.92 Å². The third-order valence-corrected chi connectivity index (χ3v) is 36.4. The molecule has 0 unspecified atom stereocenters. The number of hydrogen-bond donors (Lipinski definition) is 0. The second-order valence-electron chi connectivity index (χ2n) is 44.8. The van der Waals surface area contributed by atoms with Crippen LogP contribution in [0.2, 0.25) is 0 Å². The van der Waals surface area contributed by atoms with E-state index in [2.05, 4.69) is 314 Å². The van der Waals surface area contributed by atoms with Crippen LogP contribution in [0.1, 0.15) is 451 Å². The fourth-order valence-corrected chi connectivity index (χ4v) is 28.3. The van der Waals surface area contributed by atoms with E-state index in [9.17, 15) is 0 Å². The summed E-state index contributed by atoms with van der Waals surface area (Å²) in [5.41, 5.74) is 50.5. The summed E-state index contributed by atoms with van der Waals surface area (Å²) in [6, 6.07) is 94.1. The molecule has 0 radical (unpaired) electrons. The van der Waals surface area contributed by atoms with Gasteiger partial charge in [-0.3, -0.25) is 0 Å². The molecule has 0 fully saturated rings. The van der Waals surface area contributed by atoms with Crippen LogP contribution >= 0.6 is 0 Å². The van der Waals surface area contributed by atoms with E-state index in [1.54, 1.807) is 33.4 Å². The molecular weight excluding hydrogens is 1650 g/mol. The fraction of sp³-hybridized carbons (Fsp3) is 0.474. The maximum Gasteiger partial charge on any atom is 0.0215 e. The van der Waals surface area contributed by atoms with Crippen molar-refractivity contribution in [3.05, 3.63) is 297 Å². The molecule has 18 rings (SSSR count). The Morgan fingerprint density at radius 3 is 0.547 bits per heavy atom. The van der Waals surface area contributed by atoms with E-state index in [1.807, 2.05) is 0 Å².